The molecule has 24 heavy (non-hydrogen) atoms. The average Bonchev–Trinajstić information content (AvgIpc) is 3.18. The number of carbonyl (C=O) groups excluding carboxylic acids is 1. The highest BCUT2D eigenvalue weighted by Gasteiger charge is 2.20. The van der Waals surface area contributed by atoms with Crippen LogP contribution in [0.3, 0.4) is 0 Å². The molecular formula is C17H19N5O2. The second kappa shape index (κ2) is 6.19. The summed E-state index contributed by atoms with van der Waals surface area (Å²) < 4.78 is 5.25. The first-order valence-corrected chi connectivity index (χ1v) is 7.56. The molecule has 3 aromatic rings. The number of amides is 2. The van der Waals surface area contributed by atoms with Crippen molar-refractivity contribution < 1.29 is 9.32 Å². The standard InChI is InChI=1S/C17H19N5O2/c1-17(2,3)14-8-15(22-24-14)21-16(23)20-13-6-4-5-11(7-13)12-9-18-19-10-12/h4-10H,1-3H3,(H,18,19)(H2,20,21,22,23). The van der Waals surface area contributed by atoms with Crippen molar-refractivity contribution in [1.82, 2.24) is 15.4 Å². The molecular weight excluding hydrogens is 306 g/mol. The van der Waals surface area contributed by atoms with Crippen molar-refractivity contribution in [2.75, 3.05) is 10.6 Å². The smallest absolute Gasteiger partial charge is 0.324 e. The molecule has 124 valence electrons. The van der Waals surface area contributed by atoms with Gasteiger partial charge in [-0.15, -0.1) is 0 Å². The monoisotopic (exact) mass is 325 g/mol. The molecule has 0 bridgehead atoms. The highest BCUT2D eigenvalue weighted by atomic mass is 16.5. The molecule has 0 fully saturated rings. The molecule has 0 saturated carbocycles. The van der Waals surface area contributed by atoms with Crippen LogP contribution in [0.5, 0.6) is 0 Å². The molecule has 0 aliphatic carbocycles. The molecule has 3 rings (SSSR count). The molecule has 7 nitrogen and oxygen atoms in total. The Morgan fingerprint density at radius 3 is 2.67 bits per heavy atom. The van der Waals surface area contributed by atoms with Crippen LogP contribution in [-0.2, 0) is 5.41 Å². The molecule has 1 aromatic carbocycles. The van der Waals surface area contributed by atoms with Crippen LogP contribution in [0.2, 0.25) is 0 Å². The van der Waals surface area contributed by atoms with E-state index in [2.05, 4.69) is 26.0 Å². The van der Waals surface area contributed by atoms with Gasteiger partial charge in [-0.3, -0.25) is 10.4 Å². The van der Waals surface area contributed by atoms with E-state index in [1.807, 2.05) is 45.0 Å². The summed E-state index contributed by atoms with van der Waals surface area (Å²) in [5.41, 5.74) is 2.41. The van der Waals surface area contributed by atoms with Gasteiger partial charge in [-0.1, -0.05) is 38.1 Å². The van der Waals surface area contributed by atoms with Crippen LogP contribution in [0.25, 0.3) is 11.1 Å². The molecule has 0 spiro atoms. The van der Waals surface area contributed by atoms with Gasteiger partial charge in [0.1, 0.15) is 5.76 Å². The lowest BCUT2D eigenvalue weighted by Gasteiger charge is -2.12. The number of hydrogen-bond acceptors (Lipinski definition) is 4. The first-order valence-electron chi connectivity index (χ1n) is 7.56. The largest absolute Gasteiger partial charge is 0.359 e. The summed E-state index contributed by atoms with van der Waals surface area (Å²) in [6, 6.07) is 8.84. The van der Waals surface area contributed by atoms with Gasteiger partial charge in [0.15, 0.2) is 5.82 Å². The number of nitrogens with one attached hydrogen (secondary N) is 3. The number of hydrogen-bond donors (Lipinski definition) is 3. The number of aromatic nitrogens is 3. The molecule has 0 saturated heterocycles. The topological polar surface area (TPSA) is 95.8 Å². The molecule has 3 N–H and O–H groups in total. The van der Waals surface area contributed by atoms with Crippen molar-refractivity contribution in [2.24, 2.45) is 0 Å². The quantitative estimate of drug-likeness (QED) is 0.678. The lowest BCUT2D eigenvalue weighted by Crippen LogP contribution is -2.19. The van der Waals surface area contributed by atoms with Gasteiger partial charge in [0, 0.05) is 28.9 Å². The minimum Gasteiger partial charge on any atom is -0.359 e. The van der Waals surface area contributed by atoms with Crippen molar-refractivity contribution in [3.05, 3.63) is 48.5 Å². The highest BCUT2D eigenvalue weighted by Crippen LogP contribution is 2.25. The van der Waals surface area contributed by atoms with Gasteiger partial charge in [0.05, 0.1) is 6.20 Å². The van der Waals surface area contributed by atoms with Crippen LogP contribution in [0.15, 0.2) is 47.2 Å². The van der Waals surface area contributed by atoms with E-state index < -0.39 is 0 Å². The summed E-state index contributed by atoms with van der Waals surface area (Å²) in [6.45, 7) is 6.04. The van der Waals surface area contributed by atoms with Gasteiger partial charge in [-0.05, 0) is 17.7 Å². The molecule has 0 atom stereocenters. The van der Waals surface area contributed by atoms with Crippen LogP contribution < -0.4 is 10.6 Å². The summed E-state index contributed by atoms with van der Waals surface area (Å²) >= 11 is 0. The Balaban J connectivity index is 1.67. The van der Waals surface area contributed by atoms with Gasteiger partial charge < -0.3 is 9.84 Å². The molecule has 2 heterocycles. The number of carbonyl (C=O) groups is 1. The molecule has 2 amide bonds. The van der Waals surface area contributed by atoms with Gasteiger partial charge in [0.25, 0.3) is 0 Å². The fraction of sp³-hybridized carbons (Fsp3) is 0.235. The van der Waals surface area contributed by atoms with Crippen LogP contribution in [-0.4, -0.2) is 21.4 Å². The Bertz CT molecular complexity index is 831. The van der Waals surface area contributed by atoms with E-state index in [1.165, 1.54) is 0 Å². The van der Waals surface area contributed by atoms with E-state index in [0.29, 0.717) is 17.3 Å². The van der Waals surface area contributed by atoms with Gasteiger partial charge >= 0.3 is 6.03 Å². The summed E-state index contributed by atoms with van der Waals surface area (Å²) in [5.74, 6) is 1.09. The van der Waals surface area contributed by atoms with E-state index in [1.54, 1.807) is 18.5 Å². The van der Waals surface area contributed by atoms with Crippen LogP contribution in [0, 0.1) is 0 Å². The predicted molar refractivity (Wildman–Crippen MR) is 91.9 cm³/mol. The van der Waals surface area contributed by atoms with Crippen molar-refractivity contribution in [1.29, 1.82) is 0 Å². The van der Waals surface area contributed by atoms with Gasteiger partial charge in [-0.2, -0.15) is 5.10 Å². The van der Waals surface area contributed by atoms with E-state index in [0.717, 1.165) is 11.1 Å². The maximum Gasteiger partial charge on any atom is 0.324 e. The number of nitrogens with zero attached hydrogens (tertiary/aromatic N) is 2. The average molecular weight is 325 g/mol. The molecule has 7 heteroatoms. The van der Waals surface area contributed by atoms with Crippen LogP contribution >= 0.6 is 0 Å². The Morgan fingerprint density at radius 2 is 2.00 bits per heavy atom. The van der Waals surface area contributed by atoms with E-state index in [9.17, 15) is 4.79 Å². The first kappa shape index (κ1) is 15.8. The summed E-state index contributed by atoms with van der Waals surface area (Å²) in [5, 5.41) is 16.0. The summed E-state index contributed by atoms with van der Waals surface area (Å²) in [4.78, 5) is 12.1. The number of urea groups is 1. The normalized spacial score (nSPS) is 11.3. The predicted octanol–water partition coefficient (Wildman–Crippen LogP) is 4.01. The van der Waals surface area contributed by atoms with E-state index >= 15 is 0 Å². The summed E-state index contributed by atoms with van der Waals surface area (Å²) in [6.07, 6.45) is 3.52. The minimum atomic E-state index is -0.381. The third-order valence-corrected chi connectivity index (χ3v) is 3.44. The Kier molecular flexibility index (Phi) is 4.07. The number of rotatable bonds is 3. The van der Waals surface area contributed by atoms with E-state index in [-0.39, 0.29) is 11.4 Å². The van der Waals surface area contributed by atoms with Gasteiger partial charge in [0.2, 0.25) is 0 Å². The van der Waals surface area contributed by atoms with Crippen molar-refractivity contribution >= 4 is 17.5 Å². The van der Waals surface area contributed by atoms with Crippen molar-refractivity contribution in [3.63, 3.8) is 0 Å². The Labute approximate surface area is 139 Å². The summed E-state index contributed by atoms with van der Waals surface area (Å²) in [7, 11) is 0. The number of H-pyrrole nitrogens is 1. The maximum atomic E-state index is 12.1. The molecule has 0 aliphatic rings. The SMILES string of the molecule is CC(C)(C)c1cc(NC(=O)Nc2cccc(-c3cn[nH]c3)c2)no1. The number of aromatic amines is 1. The lowest BCUT2D eigenvalue weighted by molar-refractivity contribution is 0.262. The third-order valence-electron chi connectivity index (χ3n) is 3.44. The van der Waals surface area contributed by atoms with E-state index in [4.69, 9.17) is 4.52 Å². The van der Waals surface area contributed by atoms with Crippen LogP contribution in [0.4, 0.5) is 16.3 Å². The number of benzene rings is 1. The second-order valence-electron chi connectivity index (χ2n) is 6.47. The van der Waals surface area contributed by atoms with Gasteiger partial charge in [-0.25, -0.2) is 4.79 Å². The zero-order chi connectivity index (χ0) is 17.2. The van der Waals surface area contributed by atoms with Crippen LogP contribution in [0.1, 0.15) is 26.5 Å². The van der Waals surface area contributed by atoms with Crippen molar-refractivity contribution in [2.45, 2.75) is 26.2 Å². The molecule has 0 radical (unpaired) electrons. The third kappa shape index (κ3) is 3.62. The molecule has 2 aromatic heterocycles. The Morgan fingerprint density at radius 1 is 1.17 bits per heavy atom. The number of anilines is 2. The first-order chi connectivity index (χ1) is 11.4. The fourth-order valence-electron chi connectivity index (χ4n) is 2.15. The fourth-order valence-corrected chi connectivity index (χ4v) is 2.15. The molecule has 0 aliphatic heterocycles. The minimum absolute atomic E-state index is 0.164. The van der Waals surface area contributed by atoms with Crippen molar-refractivity contribution in [3.8, 4) is 11.1 Å². The lowest BCUT2D eigenvalue weighted by atomic mass is 9.93. The highest BCUT2D eigenvalue weighted by molar-refractivity contribution is 5.99. The molecule has 0 unspecified atom stereocenters. The second-order valence-corrected chi connectivity index (χ2v) is 6.47. The zero-order valence-corrected chi connectivity index (χ0v) is 13.8. The Hall–Kier alpha value is -3.09. The maximum absolute atomic E-state index is 12.1. The zero-order valence-electron chi connectivity index (χ0n) is 13.8.